The summed E-state index contributed by atoms with van der Waals surface area (Å²) in [5.41, 5.74) is 4.69. The highest BCUT2D eigenvalue weighted by atomic mass is 16.5. The zero-order valence-electron chi connectivity index (χ0n) is 12.1. The molecule has 1 atom stereocenters. The molecule has 0 aliphatic carbocycles. The molecule has 0 amide bonds. The predicted octanol–water partition coefficient (Wildman–Crippen LogP) is 4.16. The van der Waals surface area contributed by atoms with Gasteiger partial charge in [-0.2, -0.15) is 0 Å². The van der Waals surface area contributed by atoms with Crippen LogP contribution in [0.5, 0.6) is 0 Å². The van der Waals surface area contributed by atoms with E-state index in [1.54, 1.807) is 7.11 Å². The summed E-state index contributed by atoms with van der Waals surface area (Å²) < 4.78 is 5.69. The van der Waals surface area contributed by atoms with Gasteiger partial charge in [0.05, 0.1) is 6.10 Å². The summed E-state index contributed by atoms with van der Waals surface area (Å²) in [5, 5.41) is 0. The lowest BCUT2D eigenvalue weighted by Gasteiger charge is -2.19. The highest BCUT2D eigenvalue weighted by Crippen LogP contribution is 2.26. The van der Waals surface area contributed by atoms with Crippen molar-refractivity contribution in [3.63, 3.8) is 0 Å². The quantitative estimate of drug-likeness (QED) is 0.737. The molecular formula is C19H20O. The van der Waals surface area contributed by atoms with E-state index in [4.69, 9.17) is 11.2 Å². The van der Waals surface area contributed by atoms with Gasteiger partial charge in [-0.1, -0.05) is 55.3 Å². The molecule has 0 aliphatic heterocycles. The van der Waals surface area contributed by atoms with Crippen LogP contribution in [-0.4, -0.2) is 7.11 Å². The van der Waals surface area contributed by atoms with Crippen LogP contribution in [0.15, 0.2) is 48.5 Å². The van der Waals surface area contributed by atoms with Gasteiger partial charge in [-0.25, -0.2) is 0 Å². The SMILES string of the molecule is C#Cc1ccccc1C(Cc1ccccc1CC)OC. The maximum absolute atomic E-state index is 5.69. The normalized spacial score (nSPS) is 11.8. The number of hydrogen-bond donors (Lipinski definition) is 0. The molecule has 20 heavy (non-hydrogen) atoms. The molecule has 0 saturated heterocycles. The second-order valence-electron chi connectivity index (χ2n) is 4.78. The molecule has 1 unspecified atom stereocenters. The summed E-state index contributed by atoms with van der Waals surface area (Å²) >= 11 is 0. The Balaban J connectivity index is 2.32. The third-order valence-electron chi connectivity index (χ3n) is 3.65. The standard InChI is InChI=1S/C19H20O/c1-4-15-10-6-7-12-17(15)14-19(20-3)18-13-9-8-11-16(18)5-2/h2,6-13,19H,4,14H2,1,3H3. The average Bonchev–Trinajstić information content (AvgIpc) is 2.53. The number of aryl methyl sites for hydroxylation is 1. The van der Waals surface area contributed by atoms with Gasteiger partial charge in [0.25, 0.3) is 0 Å². The number of hydrogen-bond acceptors (Lipinski definition) is 1. The first-order valence-corrected chi connectivity index (χ1v) is 6.95. The molecule has 0 aliphatic rings. The lowest BCUT2D eigenvalue weighted by molar-refractivity contribution is 0.103. The van der Waals surface area contributed by atoms with E-state index in [9.17, 15) is 0 Å². The van der Waals surface area contributed by atoms with Gasteiger partial charge in [-0.3, -0.25) is 0 Å². The smallest absolute Gasteiger partial charge is 0.0873 e. The topological polar surface area (TPSA) is 9.23 Å². The fraction of sp³-hybridized carbons (Fsp3) is 0.263. The van der Waals surface area contributed by atoms with Gasteiger partial charge >= 0.3 is 0 Å². The molecule has 2 aromatic carbocycles. The maximum atomic E-state index is 5.69. The Morgan fingerprint density at radius 3 is 2.35 bits per heavy atom. The summed E-state index contributed by atoms with van der Waals surface area (Å²) in [6.45, 7) is 2.18. The van der Waals surface area contributed by atoms with Crippen LogP contribution in [-0.2, 0) is 17.6 Å². The van der Waals surface area contributed by atoms with Crippen LogP contribution in [0.2, 0.25) is 0 Å². The van der Waals surface area contributed by atoms with Gasteiger partial charge in [0.1, 0.15) is 0 Å². The minimum atomic E-state index is -0.00468. The van der Waals surface area contributed by atoms with Crippen molar-refractivity contribution in [2.24, 2.45) is 0 Å². The highest BCUT2D eigenvalue weighted by Gasteiger charge is 2.15. The summed E-state index contributed by atoms with van der Waals surface area (Å²) in [7, 11) is 1.74. The van der Waals surface area contributed by atoms with Crippen molar-refractivity contribution in [3.05, 3.63) is 70.8 Å². The molecule has 0 bridgehead atoms. The van der Waals surface area contributed by atoms with Crippen molar-refractivity contribution < 1.29 is 4.74 Å². The lowest BCUT2D eigenvalue weighted by atomic mass is 9.94. The summed E-state index contributed by atoms with van der Waals surface area (Å²) in [4.78, 5) is 0. The zero-order valence-corrected chi connectivity index (χ0v) is 12.1. The van der Waals surface area contributed by atoms with Crippen molar-refractivity contribution in [2.45, 2.75) is 25.9 Å². The molecule has 2 aromatic rings. The minimum absolute atomic E-state index is 0.00468. The third kappa shape index (κ3) is 3.10. The Kier molecular flexibility index (Phi) is 4.98. The Morgan fingerprint density at radius 1 is 1.05 bits per heavy atom. The van der Waals surface area contributed by atoms with E-state index in [0.29, 0.717) is 0 Å². The highest BCUT2D eigenvalue weighted by molar-refractivity contribution is 5.42. The number of ether oxygens (including phenoxy) is 1. The number of terminal acetylenes is 1. The van der Waals surface area contributed by atoms with Crippen molar-refractivity contribution in [2.75, 3.05) is 7.11 Å². The third-order valence-corrected chi connectivity index (χ3v) is 3.65. The Hall–Kier alpha value is -2.04. The molecule has 1 nitrogen and oxygen atoms in total. The Bertz CT molecular complexity index is 607. The summed E-state index contributed by atoms with van der Waals surface area (Å²) in [5.74, 6) is 2.74. The van der Waals surface area contributed by atoms with E-state index < -0.39 is 0 Å². The first-order chi connectivity index (χ1) is 9.80. The monoisotopic (exact) mass is 264 g/mol. The second-order valence-corrected chi connectivity index (χ2v) is 4.78. The van der Waals surface area contributed by atoms with Crippen LogP contribution >= 0.6 is 0 Å². The number of benzene rings is 2. The van der Waals surface area contributed by atoms with Gasteiger partial charge in [-0.05, 0) is 29.2 Å². The Morgan fingerprint density at radius 2 is 1.70 bits per heavy atom. The fourth-order valence-corrected chi connectivity index (χ4v) is 2.53. The average molecular weight is 264 g/mol. The predicted molar refractivity (Wildman–Crippen MR) is 83.7 cm³/mol. The van der Waals surface area contributed by atoms with Gasteiger partial charge in [0.15, 0.2) is 0 Å². The first-order valence-electron chi connectivity index (χ1n) is 6.95. The van der Waals surface area contributed by atoms with Crippen molar-refractivity contribution >= 4 is 0 Å². The number of methoxy groups -OCH3 is 1. The van der Waals surface area contributed by atoms with Crippen molar-refractivity contribution in [1.82, 2.24) is 0 Å². The zero-order chi connectivity index (χ0) is 14.4. The summed E-state index contributed by atoms with van der Waals surface area (Å²) in [6, 6.07) is 16.5. The van der Waals surface area contributed by atoms with Crippen LogP contribution in [0.3, 0.4) is 0 Å². The molecule has 1 heteroatoms. The lowest BCUT2D eigenvalue weighted by Crippen LogP contribution is -2.08. The van der Waals surface area contributed by atoms with E-state index >= 15 is 0 Å². The molecule has 0 radical (unpaired) electrons. The van der Waals surface area contributed by atoms with Crippen molar-refractivity contribution in [1.29, 1.82) is 0 Å². The molecule has 0 heterocycles. The van der Waals surface area contributed by atoms with E-state index in [1.165, 1.54) is 11.1 Å². The molecule has 0 fully saturated rings. The van der Waals surface area contributed by atoms with Crippen LogP contribution < -0.4 is 0 Å². The second kappa shape index (κ2) is 6.93. The van der Waals surface area contributed by atoms with E-state index in [0.717, 1.165) is 24.0 Å². The summed E-state index contributed by atoms with van der Waals surface area (Å²) in [6.07, 6.45) is 7.46. The molecule has 102 valence electrons. The molecule has 0 spiro atoms. The van der Waals surface area contributed by atoms with Crippen LogP contribution in [0.1, 0.15) is 35.3 Å². The molecular weight excluding hydrogens is 244 g/mol. The number of rotatable bonds is 5. The van der Waals surface area contributed by atoms with Crippen molar-refractivity contribution in [3.8, 4) is 12.3 Å². The van der Waals surface area contributed by atoms with E-state index in [-0.39, 0.29) is 6.10 Å². The maximum Gasteiger partial charge on any atom is 0.0873 e. The van der Waals surface area contributed by atoms with Gasteiger partial charge in [-0.15, -0.1) is 6.42 Å². The van der Waals surface area contributed by atoms with Crippen LogP contribution in [0.25, 0.3) is 0 Å². The van der Waals surface area contributed by atoms with Gasteiger partial charge < -0.3 is 4.74 Å². The fourth-order valence-electron chi connectivity index (χ4n) is 2.53. The van der Waals surface area contributed by atoms with E-state index in [1.807, 2.05) is 18.2 Å². The van der Waals surface area contributed by atoms with Gasteiger partial charge in [0, 0.05) is 19.1 Å². The van der Waals surface area contributed by atoms with E-state index in [2.05, 4.69) is 43.2 Å². The molecule has 0 N–H and O–H groups in total. The minimum Gasteiger partial charge on any atom is -0.376 e. The molecule has 0 saturated carbocycles. The molecule has 0 aromatic heterocycles. The first kappa shape index (κ1) is 14.4. The van der Waals surface area contributed by atoms with Gasteiger partial charge in [0.2, 0.25) is 0 Å². The Labute approximate surface area is 121 Å². The largest absolute Gasteiger partial charge is 0.376 e. The van der Waals surface area contributed by atoms with Crippen LogP contribution in [0.4, 0.5) is 0 Å². The van der Waals surface area contributed by atoms with Crippen LogP contribution in [0, 0.1) is 12.3 Å². The molecule has 2 rings (SSSR count).